The van der Waals surface area contributed by atoms with Gasteiger partial charge in [0.05, 0.1) is 5.39 Å². The maximum atomic E-state index is 8.35. The summed E-state index contributed by atoms with van der Waals surface area (Å²) in [6, 6.07) is 5.72. The molecule has 0 atom stereocenters. The van der Waals surface area contributed by atoms with Crippen molar-refractivity contribution in [2.45, 2.75) is 0 Å². The minimum atomic E-state index is 0.0841. The number of rotatable bonds is 2. The molecule has 2 heterocycles. The fraction of sp³-hybridized carbons (Fsp3) is 0.111. The first-order chi connectivity index (χ1) is 6.42. The van der Waals surface area contributed by atoms with Crippen molar-refractivity contribution in [3.63, 3.8) is 0 Å². The number of ether oxygens (including phenoxy) is 1. The van der Waals surface area contributed by atoms with Gasteiger partial charge >= 0.3 is 0 Å². The third-order valence-corrected chi connectivity index (χ3v) is 2.49. The van der Waals surface area contributed by atoms with E-state index in [-0.39, 0.29) is 6.61 Å². The first-order valence-electron chi connectivity index (χ1n) is 3.74. The highest BCUT2D eigenvalue weighted by Crippen LogP contribution is 2.29. The minimum Gasteiger partial charge on any atom is -0.477 e. The average molecular weight is 190 g/mol. The second-order valence-corrected chi connectivity index (χ2v) is 3.26. The molecule has 2 rings (SSSR count). The summed E-state index contributed by atoms with van der Waals surface area (Å²) in [4.78, 5) is 5.11. The van der Waals surface area contributed by atoms with Crippen LogP contribution in [-0.2, 0) is 0 Å². The van der Waals surface area contributed by atoms with Crippen LogP contribution in [0.15, 0.2) is 23.7 Å². The average Bonchev–Trinajstić information content (AvgIpc) is 2.58. The van der Waals surface area contributed by atoms with Crippen LogP contribution in [0.1, 0.15) is 0 Å². The number of pyridine rings is 1. The van der Waals surface area contributed by atoms with E-state index in [4.69, 9.17) is 10.00 Å². The van der Waals surface area contributed by atoms with Crippen LogP contribution in [0.5, 0.6) is 5.75 Å². The molecule has 0 N–H and O–H groups in total. The Labute approximate surface area is 79.2 Å². The number of fused-ring (bicyclic) bond motifs is 1. The van der Waals surface area contributed by atoms with Gasteiger partial charge in [-0.25, -0.2) is 4.98 Å². The van der Waals surface area contributed by atoms with Gasteiger partial charge in [0.25, 0.3) is 0 Å². The van der Waals surface area contributed by atoms with Crippen molar-refractivity contribution >= 4 is 21.6 Å². The van der Waals surface area contributed by atoms with E-state index < -0.39 is 0 Å². The summed E-state index contributed by atoms with van der Waals surface area (Å²) in [5.41, 5.74) is 0. The lowest BCUT2D eigenvalue weighted by Gasteiger charge is -1.96. The molecule has 0 saturated carbocycles. The van der Waals surface area contributed by atoms with Crippen LogP contribution in [0, 0.1) is 11.3 Å². The first kappa shape index (κ1) is 8.02. The van der Waals surface area contributed by atoms with Crippen molar-refractivity contribution in [1.29, 1.82) is 5.26 Å². The van der Waals surface area contributed by atoms with Crippen molar-refractivity contribution in [3.05, 3.63) is 23.7 Å². The maximum Gasteiger partial charge on any atom is 0.174 e. The Morgan fingerprint density at radius 2 is 2.54 bits per heavy atom. The summed E-state index contributed by atoms with van der Waals surface area (Å²) in [7, 11) is 0. The fourth-order valence-electron chi connectivity index (χ4n) is 1.07. The molecule has 0 unspecified atom stereocenters. The van der Waals surface area contributed by atoms with E-state index in [9.17, 15) is 0 Å². The summed E-state index contributed by atoms with van der Waals surface area (Å²) < 4.78 is 5.22. The Balaban J connectivity index is 2.41. The Morgan fingerprint density at radius 3 is 3.38 bits per heavy atom. The fourth-order valence-corrected chi connectivity index (χ4v) is 1.90. The molecule has 13 heavy (non-hydrogen) atoms. The van der Waals surface area contributed by atoms with Crippen LogP contribution in [0.3, 0.4) is 0 Å². The maximum absolute atomic E-state index is 8.35. The zero-order chi connectivity index (χ0) is 9.10. The van der Waals surface area contributed by atoms with Gasteiger partial charge in [0.2, 0.25) is 0 Å². The molecule has 4 heteroatoms. The lowest BCUT2D eigenvalue weighted by Crippen LogP contribution is -1.91. The van der Waals surface area contributed by atoms with Crippen molar-refractivity contribution < 1.29 is 4.74 Å². The Morgan fingerprint density at radius 1 is 1.62 bits per heavy atom. The number of nitrogens with zero attached hydrogens (tertiary/aromatic N) is 2. The lowest BCUT2D eigenvalue weighted by atomic mass is 10.3. The zero-order valence-electron chi connectivity index (χ0n) is 6.73. The van der Waals surface area contributed by atoms with Crippen molar-refractivity contribution in [2.24, 2.45) is 0 Å². The van der Waals surface area contributed by atoms with Crippen LogP contribution < -0.4 is 4.74 Å². The third kappa shape index (κ3) is 1.46. The number of thiophene rings is 1. The molecule has 0 aliphatic rings. The summed E-state index contributed by atoms with van der Waals surface area (Å²) in [6.45, 7) is 0.0841. The van der Waals surface area contributed by atoms with Crippen molar-refractivity contribution in [1.82, 2.24) is 4.98 Å². The molecule has 0 aliphatic carbocycles. The van der Waals surface area contributed by atoms with Crippen LogP contribution >= 0.6 is 11.3 Å². The summed E-state index contributed by atoms with van der Waals surface area (Å²) in [5.74, 6) is 0.745. The molecule has 2 aromatic rings. The Kier molecular flexibility index (Phi) is 2.11. The van der Waals surface area contributed by atoms with Crippen LogP contribution in [0.2, 0.25) is 0 Å². The van der Waals surface area contributed by atoms with Crippen LogP contribution in [0.4, 0.5) is 0 Å². The molecule has 64 valence electrons. The molecule has 0 bridgehead atoms. The number of hydrogen-bond donors (Lipinski definition) is 0. The summed E-state index contributed by atoms with van der Waals surface area (Å²) >= 11 is 1.52. The molecule has 2 aromatic heterocycles. The number of nitriles is 1. The zero-order valence-corrected chi connectivity index (χ0v) is 7.54. The minimum absolute atomic E-state index is 0.0841. The van der Waals surface area contributed by atoms with Crippen molar-refractivity contribution in [2.75, 3.05) is 6.61 Å². The standard InChI is InChI=1S/C9H6N2OS/c10-3-5-12-8-6-13-9-7(8)2-1-4-11-9/h1-2,4,6H,5H2. The van der Waals surface area contributed by atoms with Gasteiger partial charge in [-0.05, 0) is 12.1 Å². The highest BCUT2D eigenvalue weighted by Gasteiger charge is 2.03. The van der Waals surface area contributed by atoms with Gasteiger partial charge in [0, 0.05) is 11.6 Å². The molecule has 0 aromatic carbocycles. The molecule has 0 amide bonds. The van der Waals surface area contributed by atoms with Gasteiger partial charge < -0.3 is 4.74 Å². The van der Waals surface area contributed by atoms with E-state index in [1.165, 1.54) is 11.3 Å². The van der Waals surface area contributed by atoms with E-state index >= 15 is 0 Å². The SMILES string of the molecule is N#CCOc1csc2ncccc12. The quantitative estimate of drug-likeness (QED) is 0.729. The predicted octanol–water partition coefficient (Wildman–Crippen LogP) is 2.20. The van der Waals surface area contributed by atoms with E-state index in [2.05, 4.69) is 4.98 Å². The number of hydrogen-bond acceptors (Lipinski definition) is 4. The second kappa shape index (κ2) is 3.42. The largest absolute Gasteiger partial charge is 0.477 e. The summed E-state index contributed by atoms with van der Waals surface area (Å²) in [5, 5.41) is 11.2. The van der Waals surface area contributed by atoms with E-state index in [0.29, 0.717) is 0 Å². The molecular weight excluding hydrogens is 184 g/mol. The molecular formula is C9H6N2OS. The van der Waals surface area contributed by atoms with Crippen LogP contribution in [-0.4, -0.2) is 11.6 Å². The van der Waals surface area contributed by atoms with Gasteiger partial charge in [0.15, 0.2) is 6.61 Å². The van der Waals surface area contributed by atoms with Gasteiger partial charge in [0.1, 0.15) is 16.6 Å². The molecule has 3 nitrogen and oxygen atoms in total. The van der Waals surface area contributed by atoms with Gasteiger partial charge in [-0.2, -0.15) is 5.26 Å². The third-order valence-electron chi connectivity index (χ3n) is 1.61. The number of aromatic nitrogens is 1. The highest BCUT2D eigenvalue weighted by molar-refractivity contribution is 7.17. The molecule has 0 fully saturated rings. The summed E-state index contributed by atoms with van der Waals surface area (Å²) in [6.07, 6.45) is 1.74. The normalized spacial score (nSPS) is 9.77. The van der Waals surface area contributed by atoms with Gasteiger partial charge in [-0.15, -0.1) is 11.3 Å². The van der Waals surface area contributed by atoms with Gasteiger partial charge in [-0.1, -0.05) is 0 Å². The van der Waals surface area contributed by atoms with E-state index in [1.54, 1.807) is 6.20 Å². The lowest BCUT2D eigenvalue weighted by molar-refractivity contribution is 0.374. The smallest absolute Gasteiger partial charge is 0.174 e. The molecule has 0 saturated heterocycles. The molecule has 0 radical (unpaired) electrons. The van der Waals surface area contributed by atoms with E-state index in [1.807, 2.05) is 23.6 Å². The predicted molar refractivity (Wildman–Crippen MR) is 50.7 cm³/mol. The monoisotopic (exact) mass is 190 g/mol. The molecule has 0 spiro atoms. The Bertz CT molecular complexity index is 458. The topological polar surface area (TPSA) is 45.9 Å². The van der Waals surface area contributed by atoms with Crippen LogP contribution in [0.25, 0.3) is 10.2 Å². The molecule has 0 aliphatic heterocycles. The van der Waals surface area contributed by atoms with Gasteiger partial charge in [-0.3, -0.25) is 0 Å². The van der Waals surface area contributed by atoms with Crippen molar-refractivity contribution in [3.8, 4) is 11.8 Å². The Hall–Kier alpha value is -1.60. The van der Waals surface area contributed by atoms with E-state index in [0.717, 1.165) is 16.0 Å². The first-order valence-corrected chi connectivity index (χ1v) is 4.62. The highest BCUT2D eigenvalue weighted by atomic mass is 32.1. The second-order valence-electron chi connectivity index (χ2n) is 2.40.